The topological polar surface area (TPSA) is 4.93 Å². The molecule has 20 aromatic rings. The van der Waals surface area contributed by atoms with E-state index in [9.17, 15) is 0 Å². The van der Waals surface area contributed by atoms with Gasteiger partial charge < -0.3 is 4.57 Å². The monoisotopic (exact) mass is 1540 g/mol. The molecule has 0 fully saturated rings. The normalized spacial score (nSPS) is 16.5. The Balaban J connectivity index is 0.600. The van der Waals surface area contributed by atoms with Crippen molar-refractivity contribution in [3.8, 4) is 50.2 Å². The minimum atomic E-state index is -3.09. The van der Waals surface area contributed by atoms with Crippen LogP contribution in [0.4, 0.5) is 0 Å². The van der Waals surface area contributed by atoms with Crippen LogP contribution in [0.15, 0.2) is 454 Å². The first-order chi connectivity index (χ1) is 59.0. The third-order valence-electron chi connectivity index (χ3n) is 26.3. The van der Waals surface area contributed by atoms with Gasteiger partial charge in [0.05, 0.1) is 11.0 Å². The van der Waals surface area contributed by atoms with E-state index >= 15 is 0 Å². The molecular formula is C116H77NSSi. The van der Waals surface area contributed by atoms with Crippen molar-refractivity contribution in [1.82, 2.24) is 4.57 Å². The summed E-state index contributed by atoms with van der Waals surface area (Å²) in [6, 6.07) is 140. The van der Waals surface area contributed by atoms with Crippen LogP contribution in [0.5, 0.6) is 0 Å². The van der Waals surface area contributed by atoms with Crippen LogP contribution in [0.2, 0.25) is 0 Å². The highest BCUT2D eigenvalue weighted by Gasteiger charge is 2.44. The Morgan fingerprint density at radius 1 is 0.269 bits per heavy atom. The largest absolute Gasteiger partial charge is 0.309 e. The van der Waals surface area contributed by atoms with Crippen molar-refractivity contribution in [2.45, 2.75) is 0 Å². The van der Waals surface area contributed by atoms with E-state index in [1.807, 2.05) is 11.3 Å². The highest BCUT2D eigenvalue weighted by Crippen LogP contribution is 2.51. The lowest BCUT2D eigenvalue weighted by molar-refractivity contribution is 0.654. The molecule has 0 spiro atoms. The molecule has 0 aliphatic heterocycles. The van der Waals surface area contributed by atoms with Gasteiger partial charge in [-0.3, -0.25) is 0 Å². The number of hydrogen-bond acceptors (Lipinski definition) is 1. The third-order valence-corrected chi connectivity index (χ3v) is 32.5. The molecular weight excluding hydrogens is 1470 g/mol. The van der Waals surface area contributed by atoms with Crippen LogP contribution in [0.25, 0.3) is 168 Å². The first-order valence-electron chi connectivity index (χ1n) is 41.8. The molecule has 119 heavy (non-hydrogen) atoms. The van der Waals surface area contributed by atoms with Crippen LogP contribution < -0.4 is 20.7 Å². The summed E-state index contributed by atoms with van der Waals surface area (Å²) in [7, 11) is -3.09. The summed E-state index contributed by atoms with van der Waals surface area (Å²) >= 11 is 1.97. The number of fused-ring (bicyclic) bond motifs is 15. The van der Waals surface area contributed by atoms with E-state index in [1.165, 1.54) is 211 Å². The van der Waals surface area contributed by atoms with E-state index in [0.29, 0.717) is 0 Å². The molecule has 2 heterocycles. The molecule has 4 aliphatic carbocycles. The third kappa shape index (κ3) is 11.1. The fraction of sp³-hybridized carbons (Fsp3) is 0.0345. The molecule has 0 bridgehead atoms. The molecule has 1 nitrogen and oxygen atoms in total. The SMILES string of the molecule is C1=CC2C=C(C3=CC4C=CC(c5cc(-c6ccc(-c7c8ccccc8c(-c8cccc9ccccc89)c8ccccc78)c7ccccc67)cc(-c6cc7ccccc7c7ccccc67)c5)=CC4C=C3)C=C(c3ccc4c(c3)sc3c([Si](c5ccccc5)(c5ccccc5)c5cccc(-n6c7ccccc7c7ccccc76)c5)cccc34)C2C=C1. The van der Waals surface area contributed by atoms with Gasteiger partial charge in [0, 0.05) is 60.3 Å². The molecule has 0 amide bonds. The predicted octanol–water partition coefficient (Wildman–Crippen LogP) is 28.2. The summed E-state index contributed by atoms with van der Waals surface area (Å²) in [6.07, 6.45) is 29.3. The average Bonchev–Trinajstić information content (AvgIpc) is 1.71. The van der Waals surface area contributed by atoms with Crippen molar-refractivity contribution in [1.29, 1.82) is 0 Å². The molecule has 0 saturated carbocycles. The lowest BCUT2D eigenvalue weighted by atomic mass is 9.72. The number of aromatic nitrogens is 1. The van der Waals surface area contributed by atoms with Crippen molar-refractivity contribution in [3.63, 3.8) is 0 Å². The fourth-order valence-electron chi connectivity index (χ4n) is 21.0. The minimum absolute atomic E-state index is 0.164. The zero-order valence-electron chi connectivity index (χ0n) is 65.3. The maximum Gasteiger partial charge on any atom is 0.181 e. The minimum Gasteiger partial charge on any atom is -0.309 e. The quantitative estimate of drug-likeness (QED) is 0.0497. The van der Waals surface area contributed by atoms with Gasteiger partial charge in [-0.15, -0.1) is 11.3 Å². The van der Waals surface area contributed by atoms with Crippen LogP contribution in [-0.4, -0.2) is 12.6 Å². The van der Waals surface area contributed by atoms with Crippen LogP contribution in [0.3, 0.4) is 0 Å². The summed E-state index contributed by atoms with van der Waals surface area (Å²) in [4.78, 5) is 0. The molecule has 4 aliphatic rings. The van der Waals surface area contributed by atoms with Gasteiger partial charge in [0.2, 0.25) is 0 Å². The van der Waals surface area contributed by atoms with E-state index in [2.05, 4.69) is 448 Å². The molecule has 556 valence electrons. The standard InChI is InChI=1S/C116H77NSSi/c1-3-33-87(34-4-1)119(88-35-5-2-6-36-88,89-37-26-32-86(73-89)117-110-53-23-21-45-98(110)99-46-22-24-54-111(99)117)113-55-27-52-107-100-61-60-81(72-112(100)118-116(107)113)108-71-83(66-79-29-8-12-40-92(79)108)78-59-57-75-64-77(58-56-76(75)65-78)82-67-84(69-85(68-82)109-70-80-30-9-11-39-91(80)94-41-14-16-44-97(94)109)93-62-63-106(96-43-15-13-42-95(93)96)115-104-49-19-17-47-102(104)114(103-48-18-20-50-105(103)115)101-51-25-31-74-28-7-10-38-90(74)101/h1-73,75-76,79,92H. The van der Waals surface area contributed by atoms with E-state index in [4.69, 9.17) is 0 Å². The summed E-state index contributed by atoms with van der Waals surface area (Å²) in [5, 5.41) is 25.6. The summed E-state index contributed by atoms with van der Waals surface area (Å²) < 4.78 is 5.14. The summed E-state index contributed by atoms with van der Waals surface area (Å²) in [5.41, 5.74) is 21.0. The second kappa shape index (κ2) is 28.0. The van der Waals surface area contributed by atoms with Gasteiger partial charge in [0.25, 0.3) is 0 Å². The molecule has 18 aromatic carbocycles. The number of para-hydroxylation sites is 2. The molecule has 24 rings (SSSR count). The van der Waals surface area contributed by atoms with Gasteiger partial charge in [0.1, 0.15) is 0 Å². The molecule has 0 saturated heterocycles. The zero-order valence-corrected chi connectivity index (χ0v) is 67.1. The molecule has 2 aromatic heterocycles. The van der Waals surface area contributed by atoms with Gasteiger partial charge >= 0.3 is 0 Å². The number of nitrogens with zero attached hydrogens (tertiary/aromatic N) is 1. The van der Waals surface area contributed by atoms with E-state index in [-0.39, 0.29) is 23.7 Å². The van der Waals surface area contributed by atoms with Crippen molar-refractivity contribution >= 4 is 158 Å². The van der Waals surface area contributed by atoms with Crippen molar-refractivity contribution in [2.75, 3.05) is 0 Å². The van der Waals surface area contributed by atoms with Gasteiger partial charge in [-0.1, -0.05) is 388 Å². The van der Waals surface area contributed by atoms with E-state index in [0.717, 1.165) is 0 Å². The van der Waals surface area contributed by atoms with Crippen LogP contribution >= 0.6 is 11.3 Å². The van der Waals surface area contributed by atoms with Crippen LogP contribution in [-0.2, 0) is 0 Å². The van der Waals surface area contributed by atoms with Gasteiger partial charge in [-0.2, -0.15) is 0 Å². The number of benzene rings is 18. The number of hydrogen-bond donors (Lipinski definition) is 0. The highest BCUT2D eigenvalue weighted by atomic mass is 32.1. The fourth-order valence-corrected chi connectivity index (χ4v) is 27.6. The Morgan fingerprint density at radius 3 is 1.45 bits per heavy atom. The second-order valence-corrected chi connectivity index (χ2v) is 37.5. The molecule has 4 atom stereocenters. The molecule has 0 N–H and O–H groups in total. The van der Waals surface area contributed by atoms with Gasteiger partial charge in [-0.05, 0) is 218 Å². The Morgan fingerprint density at radius 2 is 0.756 bits per heavy atom. The number of allylic oxidation sites excluding steroid dienone is 16. The van der Waals surface area contributed by atoms with E-state index < -0.39 is 8.07 Å². The van der Waals surface area contributed by atoms with E-state index in [1.54, 1.807) is 0 Å². The lowest BCUT2D eigenvalue weighted by Crippen LogP contribution is -2.74. The highest BCUT2D eigenvalue weighted by molar-refractivity contribution is 7.30. The van der Waals surface area contributed by atoms with Crippen molar-refractivity contribution in [2.24, 2.45) is 23.7 Å². The number of rotatable bonds is 12. The van der Waals surface area contributed by atoms with Crippen LogP contribution in [0.1, 0.15) is 11.1 Å². The molecule has 3 heteroatoms. The molecule has 0 radical (unpaired) electrons. The predicted molar refractivity (Wildman–Crippen MR) is 513 cm³/mol. The van der Waals surface area contributed by atoms with Crippen molar-refractivity contribution < 1.29 is 0 Å². The molecule has 4 unspecified atom stereocenters. The van der Waals surface area contributed by atoms with Gasteiger partial charge in [0.15, 0.2) is 8.07 Å². The number of thiophene rings is 1. The second-order valence-electron chi connectivity index (χ2n) is 32.7. The lowest BCUT2D eigenvalue weighted by Gasteiger charge is -2.35. The first kappa shape index (κ1) is 69.0. The average molecular weight is 1550 g/mol. The maximum atomic E-state index is 2.54. The van der Waals surface area contributed by atoms with Crippen LogP contribution in [0, 0.1) is 23.7 Å². The Labute approximate surface area is 696 Å². The van der Waals surface area contributed by atoms with Gasteiger partial charge in [-0.25, -0.2) is 0 Å². The summed E-state index contributed by atoms with van der Waals surface area (Å²) in [6.45, 7) is 0. The Bertz CT molecular complexity index is 7790. The summed E-state index contributed by atoms with van der Waals surface area (Å²) in [5.74, 6) is 0.755. The zero-order chi connectivity index (χ0) is 78.2. The maximum absolute atomic E-state index is 3.09. The van der Waals surface area contributed by atoms with Crippen molar-refractivity contribution in [3.05, 3.63) is 465 Å². The first-order valence-corrected chi connectivity index (χ1v) is 44.6. The smallest absolute Gasteiger partial charge is 0.181 e. The Kier molecular flexibility index (Phi) is 16.2. The Hall–Kier alpha value is -14.3.